The Bertz CT molecular complexity index is 236. The number of amides is 2. The second kappa shape index (κ2) is 8.27. The van der Waals surface area contributed by atoms with Crippen LogP contribution < -0.4 is 5.32 Å². The second-order valence-corrected chi connectivity index (χ2v) is 4.68. The van der Waals surface area contributed by atoms with E-state index in [1.54, 1.807) is 25.7 Å². The van der Waals surface area contributed by atoms with E-state index in [0.29, 0.717) is 6.54 Å². The van der Waals surface area contributed by atoms with E-state index in [-0.39, 0.29) is 12.6 Å². The summed E-state index contributed by atoms with van der Waals surface area (Å²) < 4.78 is 0. The summed E-state index contributed by atoms with van der Waals surface area (Å²) in [7, 11) is 1.60. The highest BCUT2D eigenvalue weighted by atomic mass is 32.2. The van der Waals surface area contributed by atoms with Crippen molar-refractivity contribution in [1.82, 2.24) is 10.2 Å². The molecule has 0 bridgehead atoms. The summed E-state index contributed by atoms with van der Waals surface area (Å²) in [5.74, 6) is -0.417. The minimum absolute atomic E-state index is 0.214. The molecule has 5 nitrogen and oxygen atoms in total. The summed E-state index contributed by atoms with van der Waals surface area (Å²) in [4.78, 5) is 23.5. The number of nitrogens with one attached hydrogen (secondary N) is 1. The molecule has 2 N–H and O–H groups in total. The fourth-order valence-corrected chi connectivity index (χ4v) is 1.55. The van der Waals surface area contributed by atoms with Gasteiger partial charge in [0.15, 0.2) is 0 Å². The molecular formula is C10H20N2O3S. The zero-order chi connectivity index (χ0) is 12.6. The molecule has 2 amide bonds. The average Bonchev–Trinajstić information content (AvgIpc) is 2.23. The predicted molar refractivity (Wildman–Crippen MR) is 65.8 cm³/mol. The van der Waals surface area contributed by atoms with Crippen LogP contribution in [0.1, 0.15) is 13.3 Å². The van der Waals surface area contributed by atoms with Gasteiger partial charge in [0.1, 0.15) is 0 Å². The number of rotatable bonds is 7. The maximum absolute atomic E-state index is 11.5. The van der Waals surface area contributed by atoms with Crippen LogP contribution in [0.3, 0.4) is 0 Å². The molecule has 6 heteroatoms. The molecule has 0 rings (SSSR count). The first-order valence-electron chi connectivity index (χ1n) is 5.19. The van der Waals surface area contributed by atoms with Gasteiger partial charge >= 0.3 is 12.0 Å². The van der Waals surface area contributed by atoms with Crippen molar-refractivity contribution in [3.05, 3.63) is 0 Å². The van der Waals surface area contributed by atoms with Crippen molar-refractivity contribution in [2.75, 3.05) is 32.1 Å². The van der Waals surface area contributed by atoms with Gasteiger partial charge in [0.05, 0.1) is 5.92 Å². The number of thioether (sulfide) groups is 1. The molecule has 1 unspecified atom stereocenters. The van der Waals surface area contributed by atoms with Crippen molar-refractivity contribution in [2.24, 2.45) is 5.92 Å². The topological polar surface area (TPSA) is 69.6 Å². The molecule has 0 aliphatic carbocycles. The lowest BCUT2D eigenvalue weighted by Crippen LogP contribution is -2.41. The van der Waals surface area contributed by atoms with Crippen LogP contribution in [0.2, 0.25) is 0 Å². The smallest absolute Gasteiger partial charge is 0.317 e. The van der Waals surface area contributed by atoms with Crippen molar-refractivity contribution in [3.8, 4) is 0 Å². The molecular weight excluding hydrogens is 228 g/mol. The molecule has 0 aliphatic heterocycles. The molecule has 0 spiro atoms. The summed E-state index contributed by atoms with van der Waals surface area (Å²) in [5.41, 5.74) is 0. The van der Waals surface area contributed by atoms with Gasteiger partial charge in [-0.05, 0) is 18.4 Å². The Kier molecular flexibility index (Phi) is 7.80. The molecule has 0 aromatic heterocycles. The fourth-order valence-electron chi connectivity index (χ4n) is 1.12. The maximum atomic E-state index is 11.5. The third-order valence-corrected chi connectivity index (χ3v) is 2.81. The van der Waals surface area contributed by atoms with Crippen molar-refractivity contribution < 1.29 is 14.7 Å². The number of urea groups is 1. The molecule has 0 radical (unpaired) electrons. The molecule has 0 aliphatic rings. The van der Waals surface area contributed by atoms with E-state index in [4.69, 9.17) is 5.11 Å². The lowest BCUT2D eigenvalue weighted by atomic mass is 10.2. The Labute approximate surface area is 101 Å². The zero-order valence-electron chi connectivity index (χ0n) is 10.0. The number of carboxylic acids is 1. The van der Waals surface area contributed by atoms with Crippen molar-refractivity contribution in [1.29, 1.82) is 0 Å². The van der Waals surface area contributed by atoms with Crippen LogP contribution >= 0.6 is 11.8 Å². The highest BCUT2D eigenvalue weighted by molar-refractivity contribution is 7.98. The second-order valence-electron chi connectivity index (χ2n) is 3.70. The molecule has 0 saturated carbocycles. The largest absolute Gasteiger partial charge is 0.481 e. The molecule has 1 atom stereocenters. The molecule has 0 aromatic carbocycles. The Morgan fingerprint density at radius 2 is 2.12 bits per heavy atom. The van der Waals surface area contributed by atoms with Crippen molar-refractivity contribution in [2.45, 2.75) is 13.3 Å². The summed E-state index contributed by atoms with van der Waals surface area (Å²) in [6.07, 6.45) is 2.94. The van der Waals surface area contributed by atoms with Gasteiger partial charge in [0.2, 0.25) is 0 Å². The van der Waals surface area contributed by atoms with E-state index in [1.807, 2.05) is 6.26 Å². The fraction of sp³-hybridized carbons (Fsp3) is 0.800. The van der Waals surface area contributed by atoms with Gasteiger partial charge in [-0.3, -0.25) is 4.79 Å². The molecule has 0 heterocycles. The first-order valence-corrected chi connectivity index (χ1v) is 6.59. The number of carboxylic acid groups (broad SMARTS) is 1. The Morgan fingerprint density at radius 3 is 2.62 bits per heavy atom. The first kappa shape index (κ1) is 15.1. The maximum Gasteiger partial charge on any atom is 0.317 e. The van der Waals surface area contributed by atoms with Gasteiger partial charge in [-0.1, -0.05) is 6.92 Å². The van der Waals surface area contributed by atoms with E-state index in [9.17, 15) is 9.59 Å². The van der Waals surface area contributed by atoms with Crippen LogP contribution in [-0.2, 0) is 4.79 Å². The van der Waals surface area contributed by atoms with E-state index in [2.05, 4.69) is 5.32 Å². The normalized spacial score (nSPS) is 11.9. The quantitative estimate of drug-likeness (QED) is 0.662. The number of carbonyl (C=O) groups excluding carboxylic acids is 1. The monoisotopic (exact) mass is 248 g/mol. The van der Waals surface area contributed by atoms with E-state index < -0.39 is 11.9 Å². The van der Waals surface area contributed by atoms with Gasteiger partial charge in [0, 0.05) is 20.1 Å². The van der Waals surface area contributed by atoms with Gasteiger partial charge in [0.25, 0.3) is 0 Å². The molecule has 94 valence electrons. The highest BCUT2D eigenvalue weighted by Gasteiger charge is 2.16. The van der Waals surface area contributed by atoms with Crippen LogP contribution in [0.25, 0.3) is 0 Å². The molecule has 16 heavy (non-hydrogen) atoms. The number of nitrogens with zero attached hydrogens (tertiary/aromatic N) is 1. The van der Waals surface area contributed by atoms with E-state index in [0.717, 1.165) is 12.2 Å². The first-order chi connectivity index (χ1) is 7.49. The minimum atomic E-state index is -0.887. The Morgan fingerprint density at radius 1 is 1.50 bits per heavy atom. The van der Waals surface area contributed by atoms with Gasteiger partial charge < -0.3 is 15.3 Å². The predicted octanol–water partition coefficient (Wildman–Crippen LogP) is 1.10. The van der Waals surface area contributed by atoms with Gasteiger partial charge in [-0.15, -0.1) is 0 Å². The third kappa shape index (κ3) is 6.55. The average molecular weight is 248 g/mol. The summed E-state index contributed by atoms with van der Waals surface area (Å²) in [6.45, 7) is 2.44. The van der Waals surface area contributed by atoms with Gasteiger partial charge in [-0.2, -0.15) is 11.8 Å². The lowest BCUT2D eigenvalue weighted by Gasteiger charge is -2.19. The zero-order valence-corrected chi connectivity index (χ0v) is 10.8. The summed E-state index contributed by atoms with van der Waals surface area (Å²) >= 11 is 1.73. The SMILES string of the molecule is CSCCCNC(=O)N(C)CC(C)C(=O)O. The van der Waals surface area contributed by atoms with E-state index >= 15 is 0 Å². The van der Waals surface area contributed by atoms with Gasteiger partial charge in [-0.25, -0.2) is 4.79 Å². The minimum Gasteiger partial charge on any atom is -0.481 e. The van der Waals surface area contributed by atoms with Crippen LogP contribution in [0, 0.1) is 5.92 Å². The Hall–Kier alpha value is -0.910. The third-order valence-electron chi connectivity index (χ3n) is 2.12. The standard InChI is InChI=1S/C10H20N2O3S/c1-8(9(13)14)7-12(2)10(15)11-5-4-6-16-3/h8H,4-7H2,1-3H3,(H,11,15)(H,13,14). The van der Waals surface area contributed by atoms with Crippen LogP contribution in [0.5, 0.6) is 0 Å². The van der Waals surface area contributed by atoms with Crippen molar-refractivity contribution in [3.63, 3.8) is 0 Å². The van der Waals surface area contributed by atoms with Crippen LogP contribution in [-0.4, -0.2) is 54.2 Å². The molecule has 0 aromatic rings. The lowest BCUT2D eigenvalue weighted by molar-refractivity contribution is -0.141. The molecule has 0 fully saturated rings. The summed E-state index contributed by atoms with van der Waals surface area (Å²) in [6, 6.07) is -0.214. The van der Waals surface area contributed by atoms with Crippen LogP contribution in [0.4, 0.5) is 4.79 Å². The Balaban J connectivity index is 3.77. The molecule has 0 saturated heterocycles. The summed E-state index contributed by atoms with van der Waals surface area (Å²) in [5, 5.41) is 11.4. The number of hydrogen-bond acceptors (Lipinski definition) is 3. The number of hydrogen-bond donors (Lipinski definition) is 2. The number of carbonyl (C=O) groups is 2. The highest BCUT2D eigenvalue weighted by Crippen LogP contribution is 1.99. The number of aliphatic carboxylic acids is 1. The van der Waals surface area contributed by atoms with Crippen molar-refractivity contribution >= 4 is 23.8 Å². The van der Waals surface area contributed by atoms with E-state index in [1.165, 1.54) is 4.90 Å². The van der Waals surface area contributed by atoms with Crippen LogP contribution in [0.15, 0.2) is 0 Å².